The zero-order valence-corrected chi connectivity index (χ0v) is 14.0. The van der Waals surface area contributed by atoms with E-state index in [0.29, 0.717) is 16.8 Å². The third kappa shape index (κ3) is 3.47. The number of nitriles is 1. The molecule has 1 fully saturated rings. The first-order chi connectivity index (χ1) is 12.2. The second kappa shape index (κ2) is 6.54. The van der Waals surface area contributed by atoms with Crippen molar-refractivity contribution in [3.63, 3.8) is 0 Å². The number of benzene rings is 2. The third-order valence-electron chi connectivity index (χ3n) is 4.26. The molecule has 124 valence electrons. The second-order valence-corrected chi connectivity index (χ2v) is 6.55. The van der Waals surface area contributed by atoms with Crippen LogP contribution in [0, 0.1) is 11.3 Å². The first kappa shape index (κ1) is 15.6. The van der Waals surface area contributed by atoms with Gasteiger partial charge in [-0.25, -0.2) is 0 Å². The number of halogens is 1. The summed E-state index contributed by atoms with van der Waals surface area (Å²) in [5.41, 5.74) is 3.80. The predicted octanol–water partition coefficient (Wildman–Crippen LogP) is 4.07. The Morgan fingerprint density at radius 1 is 1.20 bits per heavy atom. The number of nitrogens with zero attached hydrogens (tertiary/aromatic N) is 4. The minimum atomic E-state index is -0.468. The molecule has 0 saturated heterocycles. The Morgan fingerprint density at radius 2 is 2.00 bits per heavy atom. The minimum Gasteiger partial charge on any atom is -0.366 e. The normalized spacial score (nSPS) is 14.7. The minimum absolute atomic E-state index is 0.468. The SMILES string of the molecule is N#C[C@H](Nc1cc(Cl)cc(C2CC2)c1)c1ccc(-c2nn[nH]n2)cc1. The Bertz CT molecular complexity index is 910. The molecule has 1 aromatic heterocycles. The van der Waals surface area contributed by atoms with Gasteiger partial charge in [-0.1, -0.05) is 35.9 Å². The number of hydrogen-bond donors (Lipinski definition) is 2. The summed E-state index contributed by atoms with van der Waals surface area (Å²) < 4.78 is 0. The van der Waals surface area contributed by atoms with Crippen LogP contribution in [0.1, 0.15) is 35.9 Å². The molecule has 3 aromatic rings. The summed E-state index contributed by atoms with van der Waals surface area (Å²) in [4.78, 5) is 0. The fourth-order valence-electron chi connectivity index (χ4n) is 2.81. The Kier molecular flexibility index (Phi) is 4.08. The van der Waals surface area contributed by atoms with E-state index in [-0.39, 0.29) is 0 Å². The van der Waals surface area contributed by atoms with Crippen molar-refractivity contribution in [2.75, 3.05) is 5.32 Å². The highest BCUT2D eigenvalue weighted by Gasteiger charge is 2.24. The van der Waals surface area contributed by atoms with Crippen molar-refractivity contribution in [2.45, 2.75) is 24.8 Å². The van der Waals surface area contributed by atoms with Crippen LogP contribution in [0.2, 0.25) is 5.02 Å². The van der Waals surface area contributed by atoms with Crippen LogP contribution in [-0.2, 0) is 0 Å². The molecule has 0 spiro atoms. The quantitative estimate of drug-likeness (QED) is 0.723. The molecule has 1 atom stereocenters. The molecule has 0 unspecified atom stereocenters. The second-order valence-electron chi connectivity index (χ2n) is 6.11. The molecule has 2 N–H and O–H groups in total. The molecule has 1 saturated carbocycles. The summed E-state index contributed by atoms with van der Waals surface area (Å²) in [7, 11) is 0. The first-order valence-electron chi connectivity index (χ1n) is 8.03. The largest absolute Gasteiger partial charge is 0.366 e. The van der Waals surface area contributed by atoms with Gasteiger partial charge in [0.1, 0.15) is 6.04 Å². The van der Waals surface area contributed by atoms with Gasteiger partial charge in [-0.3, -0.25) is 0 Å². The Labute approximate surface area is 149 Å². The summed E-state index contributed by atoms with van der Waals surface area (Å²) in [6.45, 7) is 0. The van der Waals surface area contributed by atoms with Gasteiger partial charge in [-0.05, 0) is 53.3 Å². The molecule has 1 heterocycles. The van der Waals surface area contributed by atoms with Crippen LogP contribution in [0.15, 0.2) is 42.5 Å². The molecule has 0 radical (unpaired) electrons. The molecule has 6 nitrogen and oxygen atoms in total. The number of nitrogens with one attached hydrogen (secondary N) is 2. The fraction of sp³-hybridized carbons (Fsp3) is 0.222. The van der Waals surface area contributed by atoms with E-state index in [0.717, 1.165) is 16.8 Å². The number of aromatic nitrogens is 4. The zero-order chi connectivity index (χ0) is 17.2. The monoisotopic (exact) mass is 350 g/mol. The summed E-state index contributed by atoms with van der Waals surface area (Å²) in [6, 6.07) is 15.3. The number of tetrazole rings is 1. The number of rotatable bonds is 5. The van der Waals surface area contributed by atoms with Crippen LogP contribution in [0.4, 0.5) is 5.69 Å². The predicted molar refractivity (Wildman–Crippen MR) is 95.0 cm³/mol. The van der Waals surface area contributed by atoms with Crippen LogP contribution >= 0.6 is 11.6 Å². The number of H-pyrrole nitrogens is 1. The van der Waals surface area contributed by atoms with E-state index in [1.165, 1.54) is 18.4 Å². The van der Waals surface area contributed by atoms with Gasteiger partial charge in [0.05, 0.1) is 6.07 Å². The van der Waals surface area contributed by atoms with Gasteiger partial charge in [-0.15, -0.1) is 10.2 Å². The van der Waals surface area contributed by atoms with E-state index < -0.39 is 6.04 Å². The molecule has 2 aromatic carbocycles. The lowest BCUT2D eigenvalue weighted by Crippen LogP contribution is -2.08. The van der Waals surface area contributed by atoms with Gasteiger partial charge in [0.2, 0.25) is 5.82 Å². The zero-order valence-electron chi connectivity index (χ0n) is 13.3. The molecular weight excluding hydrogens is 336 g/mol. The maximum Gasteiger partial charge on any atom is 0.204 e. The molecule has 0 bridgehead atoms. The van der Waals surface area contributed by atoms with Crippen LogP contribution in [0.25, 0.3) is 11.4 Å². The van der Waals surface area contributed by atoms with Crippen molar-refractivity contribution in [3.05, 3.63) is 58.6 Å². The third-order valence-corrected chi connectivity index (χ3v) is 4.47. The van der Waals surface area contributed by atoms with Crippen molar-refractivity contribution in [1.82, 2.24) is 20.6 Å². The van der Waals surface area contributed by atoms with Crippen molar-refractivity contribution in [3.8, 4) is 17.5 Å². The van der Waals surface area contributed by atoms with Crippen molar-refractivity contribution in [1.29, 1.82) is 5.26 Å². The molecule has 1 aliphatic carbocycles. The molecule has 4 rings (SSSR count). The molecule has 0 aliphatic heterocycles. The van der Waals surface area contributed by atoms with E-state index in [1.807, 2.05) is 36.4 Å². The lowest BCUT2D eigenvalue weighted by molar-refractivity contribution is 0.881. The lowest BCUT2D eigenvalue weighted by Gasteiger charge is -2.15. The lowest BCUT2D eigenvalue weighted by atomic mass is 10.0. The van der Waals surface area contributed by atoms with Crippen LogP contribution in [-0.4, -0.2) is 20.6 Å². The Morgan fingerprint density at radius 3 is 2.64 bits per heavy atom. The molecule has 25 heavy (non-hydrogen) atoms. The number of aromatic amines is 1. The van der Waals surface area contributed by atoms with Gasteiger partial charge >= 0.3 is 0 Å². The summed E-state index contributed by atoms with van der Waals surface area (Å²) in [5.74, 6) is 1.13. The van der Waals surface area contributed by atoms with Crippen LogP contribution in [0.5, 0.6) is 0 Å². The average Bonchev–Trinajstić information content (AvgIpc) is 3.34. The maximum absolute atomic E-state index is 9.57. The van der Waals surface area contributed by atoms with Gasteiger partial charge < -0.3 is 5.32 Å². The fourth-order valence-corrected chi connectivity index (χ4v) is 3.06. The van der Waals surface area contributed by atoms with E-state index in [1.54, 1.807) is 0 Å². The Hall–Kier alpha value is -2.91. The average molecular weight is 351 g/mol. The van der Waals surface area contributed by atoms with Crippen LogP contribution in [0.3, 0.4) is 0 Å². The van der Waals surface area contributed by atoms with Gasteiger partial charge in [-0.2, -0.15) is 10.5 Å². The van der Waals surface area contributed by atoms with E-state index >= 15 is 0 Å². The van der Waals surface area contributed by atoms with Crippen LogP contribution < -0.4 is 5.32 Å². The van der Waals surface area contributed by atoms with Crippen molar-refractivity contribution < 1.29 is 0 Å². The summed E-state index contributed by atoms with van der Waals surface area (Å²) >= 11 is 6.23. The van der Waals surface area contributed by atoms with E-state index in [4.69, 9.17) is 11.6 Å². The number of anilines is 1. The standard InChI is InChI=1S/C18H15ClN6/c19-15-7-14(11-1-2-11)8-16(9-15)21-17(10-20)12-3-5-13(6-4-12)18-22-24-25-23-18/h3-9,11,17,21H,1-2H2,(H,22,23,24,25)/t17-/m0/s1. The molecule has 7 heteroatoms. The summed E-state index contributed by atoms with van der Waals surface area (Å²) in [5, 5.41) is 27.4. The molecule has 0 amide bonds. The highest BCUT2D eigenvalue weighted by atomic mass is 35.5. The van der Waals surface area contributed by atoms with Gasteiger partial charge in [0.15, 0.2) is 0 Å². The first-order valence-corrected chi connectivity index (χ1v) is 8.41. The van der Waals surface area contributed by atoms with E-state index in [9.17, 15) is 5.26 Å². The van der Waals surface area contributed by atoms with E-state index in [2.05, 4.69) is 38.1 Å². The number of hydrogen-bond acceptors (Lipinski definition) is 5. The van der Waals surface area contributed by atoms with Gasteiger partial charge in [0, 0.05) is 16.3 Å². The smallest absolute Gasteiger partial charge is 0.204 e. The maximum atomic E-state index is 9.57. The van der Waals surface area contributed by atoms with Crippen molar-refractivity contribution >= 4 is 17.3 Å². The van der Waals surface area contributed by atoms with Gasteiger partial charge in [0.25, 0.3) is 0 Å². The molecule has 1 aliphatic rings. The highest BCUT2D eigenvalue weighted by molar-refractivity contribution is 6.31. The molecular formula is C18H15ClN6. The summed E-state index contributed by atoms with van der Waals surface area (Å²) in [6.07, 6.45) is 2.41. The Balaban J connectivity index is 1.55. The van der Waals surface area contributed by atoms with Crippen molar-refractivity contribution in [2.24, 2.45) is 0 Å². The topological polar surface area (TPSA) is 90.3 Å². The highest BCUT2D eigenvalue weighted by Crippen LogP contribution is 2.42.